The third-order valence-electron chi connectivity index (χ3n) is 3.13. The molecular weight excluding hydrogens is 296 g/mol. The van der Waals surface area contributed by atoms with Gasteiger partial charge in [-0.3, -0.25) is 14.6 Å². The number of fused-ring (bicyclic) bond motifs is 1. The number of carbonyl (C=O) groups excluding carboxylic acids is 2. The molecule has 3 rings (SSSR count). The molecule has 104 valence electrons. The molecule has 0 unspecified atom stereocenters. The van der Waals surface area contributed by atoms with Gasteiger partial charge in [0.05, 0.1) is 27.4 Å². The van der Waals surface area contributed by atoms with E-state index < -0.39 is 17.8 Å². The van der Waals surface area contributed by atoms with Crippen LogP contribution in [0.1, 0.15) is 31.1 Å². The Bertz CT molecular complexity index is 768. The van der Waals surface area contributed by atoms with Crippen molar-refractivity contribution in [3.63, 3.8) is 0 Å². The number of anilines is 1. The molecule has 6 nitrogen and oxygen atoms in total. The first-order valence-electron chi connectivity index (χ1n) is 5.86. The van der Waals surface area contributed by atoms with Crippen LogP contribution in [0.4, 0.5) is 5.69 Å². The van der Waals surface area contributed by atoms with Crippen LogP contribution in [0.25, 0.3) is 0 Å². The normalized spacial score (nSPS) is 13.5. The SMILES string of the molecule is O=C(O)c1cc(N2C(=O)c3ccncc3C2=O)ccc1Cl. The second kappa shape index (κ2) is 4.68. The highest BCUT2D eigenvalue weighted by Crippen LogP contribution is 2.30. The number of carboxylic acid groups (broad SMARTS) is 1. The van der Waals surface area contributed by atoms with E-state index in [0.717, 1.165) is 4.90 Å². The second-order valence-electron chi connectivity index (χ2n) is 4.34. The van der Waals surface area contributed by atoms with Crippen LogP contribution in [-0.2, 0) is 0 Å². The van der Waals surface area contributed by atoms with Crippen LogP contribution in [0.2, 0.25) is 5.02 Å². The van der Waals surface area contributed by atoms with Crippen LogP contribution in [0, 0.1) is 0 Å². The Morgan fingerprint density at radius 1 is 1.14 bits per heavy atom. The molecular formula is C14H7ClN2O4. The number of nitrogens with zero attached hydrogens (tertiary/aromatic N) is 2. The van der Waals surface area contributed by atoms with Gasteiger partial charge >= 0.3 is 5.97 Å². The molecule has 0 spiro atoms. The highest BCUT2D eigenvalue weighted by atomic mass is 35.5. The third kappa shape index (κ3) is 1.96. The van der Waals surface area contributed by atoms with Gasteiger partial charge in [-0.05, 0) is 24.3 Å². The highest BCUT2D eigenvalue weighted by Gasteiger charge is 2.37. The van der Waals surface area contributed by atoms with Crippen molar-refractivity contribution in [3.05, 3.63) is 58.4 Å². The van der Waals surface area contributed by atoms with Gasteiger partial charge in [-0.25, -0.2) is 9.69 Å². The lowest BCUT2D eigenvalue weighted by Crippen LogP contribution is -2.29. The molecule has 2 amide bonds. The molecule has 1 aliphatic rings. The van der Waals surface area contributed by atoms with Crippen LogP contribution in [0.3, 0.4) is 0 Å². The number of imide groups is 1. The van der Waals surface area contributed by atoms with Gasteiger partial charge in [-0.15, -0.1) is 0 Å². The number of benzene rings is 1. The Morgan fingerprint density at radius 2 is 1.86 bits per heavy atom. The van der Waals surface area contributed by atoms with E-state index in [4.69, 9.17) is 16.7 Å². The first-order chi connectivity index (χ1) is 10.0. The van der Waals surface area contributed by atoms with Crippen LogP contribution < -0.4 is 4.90 Å². The zero-order valence-electron chi connectivity index (χ0n) is 10.4. The van der Waals surface area contributed by atoms with Gasteiger partial charge in [-0.1, -0.05) is 11.6 Å². The van der Waals surface area contributed by atoms with Crippen LogP contribution >= 0.6 is 11.6 Å². The van der Waals surface area contributed by atoms with Crippen molar-refractivity contribution in [2.24, 2.45) is 0 Å². The molecule has 2 aromatic rings. The van der Waals surface area contributed by atoms with Crippen molar-refractivity contribution in [1.82, 2.24) is 4.98 Å². The average molecular weight is 303 g/mol. The predicted molar refractivity (Wildman–Crippen MR) is 73.8 cm³/mol. The quantitative estimate of drug-likeness (QED) is 0.860. The summed E-state index contributed by atoms with van der Waals surface area (Å²) in [5.41, 5.74) is 0.406. The van der Waals surface area contributed by atoms with Crippen molar-refractivity contribution < 1.29 is 19.5 Å². The number of amides is 2. The summed E-state index contributed by atoms with van der Waals surface area (Å²) in [4.78, 5) is 40.3. The maximum Gasteiger partial charge on any atom is 0.337 e. The molecule has 0 atom stereocenters. The minimum Gasteiger partial charge on any atom is -0.478 e. The molecule has 1 aromatic carbocycles. The summed E-state index contributed by atoms with van der Waals surface area (Å²) in [7, 11) is 0. The average Bonchev–Trinajstić information content (AvgIpc) is 2.72. The number of carboxylic acids is 1. The molecule has 21 heavy (non-hydrogen) atoms. The lowest BCUT2D eigenvalue weighted by molar-refractivity contribution is 0.0696. The second-order valence-corrected chi connectivity index (χ2v) is 4.74. The Balaban J connectivity index is 2.11. The van der Waals surface area contributed by atoms with E-state index in [1.807, 2.05) is 0 Å². The van der Waals surface area contributed by atoms with E-state index in [1.54, 1.807) is 0 Å². The van der Waals surface area contributed by atoms with Gasteiger partial charge in [0.15, 0.2) is 0 Å². The number of aromatic carboxylic acids is 1. The summed E-state index contributed by atoms with van der Waals surface area (Å²) < 4.78 is 0. The Hall–Kier alpha value is -2.73. The maximum absolute atomic E-state index is 12.3. The minimum absolute atomic E-state index is 0.0320. The molecule has 1 aliphatic heterocycles. The number of hydrogen-bond donors (Lipinski definition) is 1. The van der Waals surface area contributed by atoms with Crippen LogP contribution in [0.15, 0.2) is 36.7 Å². The maximum atomic E-state index is 12.3. The first kappa shape index (κ1) is 13.3. The van der Waals surface area contributed by atoms with Crippen molar-refractivity contribution in [2.45, 2.75) is 0 Å². The topological polar surface area (TPSA) is 87.6 Å². The third-order valence-corrected chi connectivity index (χ3v) is 3.46. The van der Waals surface area contributed by atoms with E-state index in [0.29, 0.717) is 0 Å². The molecule has 1 N–H and O–H groups in total. The Labute approximate surface area is 123 Å². The summed E-state index contributed by atoms with van der Waals surface area (Å²) in [6.07, 6.45) is 2.72. The largest absolute Gasteiger partial charge is 0.478 e. The van der Waals surface area contributed by atoms with Crippen LogP contribution in [0.5, 0.6) is 0 Å². The van der Waals surface area contributed by atoms with Crippen molar-refractivity contribution in [2.75, 3.05) is 4.90 Å². The van der Waals surface area contributed by atoms with E-state index in [2.05, 4.69) is 4.98 Å². The van der Waals surface area contributed by atoms with E-state index in [1.165, 1.54) is 36.7 Å². The molecule has 0 radical (unpaired) electrons. The smallest absolute Gasteiger partial charge is 0.337 e. The monoisotopic (exact) mass is 302 g/mol. The zero-order chi connectivity index (χ0) is 15.1. The fourth-order valence-corrected chi connectivity index (χ4v) is 2.33. The van der Waals surface area contributed by atoms with Gasteiger partial charge < -0.3 is 5.11 Å². The predicted octanol–water partition coefficient (Wildman–Crippen LogP) is 2.23. The standard InChI is InChI=1S/C14H7ClN2O4/c15-11-2-1-7(5-9(11)14(20)21)17-12(18)8-3-4-16-6-10(8)13(17)19/h1-6H,(H,20,21). The summed E-state index contributed by atoms with van der Waals surface area (Å²) in [6, 6.07) is 5.40. The molecule has 7 heteroatoms. The molecule has 0 fully saturated rings. The number of aromatic nitrogens is 1. The van der Waals surface area contributed by atoms with Gasteiger partial charge in [-0.2, -0.15) is 0 Å². The fraction of sp³-hybridized carbons (Fsp3) is 0. The molecule has 0 saturated carbocycles. The fourth-order valence-electron chi connectivity index (χ4n) is 2.14. The summed E-state index contributed by atoms with van der Waals surface area (Å²) in [5, 5.41) is 9.09. The van der Waals surface area contributed by atoms with Crippen molar-refractivity contribution in [3.8, 4) is 0 Å². The van der Waals surface area contributed by atoms with Crippen molar-refractivity contribution >= 4 is 35.1 Å². The molecule has 1 aromatic heterocycles. The lowest BCUT2D eigenvalue weighted by atomic mass is 10.2. The number of halogens is 1. The number of hydrogen-bond acceptors (Lipinski definition) is 4. The van der Waals surface area contributed by atoms with Gasteiger partial charge in [0.2, 0.25) is 0 Å². The van der Waals surface area contributed by atoms with E-state index >= 15 is 0 Å². The molecule has 0 saturated heterocycles. The Morgan fingerprint density at radius 3 is 2.52 bits per heavy atom. The lowest BCUT2D eigenvalue weighted by Gasteiger charge is -2.14. The molecule has 2 heterocycles. The van der Waals surface area contributed by atoms with E-state index in [9.17, 15) is 14.4 Å². The van der Waals surface area contributed by atoms with Gasteiger partial charge in [0, 0.05) is 12.4 Å². The van der Waals surface area contributed by atoms with Gasteiger partial charge in [0.25, 0.3) is 11.8 Å². The van der Waals surface area contributed by atoms with E-state index in [-0.39, 0.29) is 27.4 Å². The molecule has 0 aliphatic carbocycles. The van der Waals surface area contributed by atoms with Crippen LogP contribution in [-0.4, -0.2) is 27.9 Å². The summed E-state index contributed by atoms with van der Waals surface area (Å²) in [6.45, 7) is 0. The zero-order valence-corrected chi connectivity index (χ0v) is 11.2. The highest BCUT2D eigenvalue weighted by molar-refractivity contribution is 6.36. The van der Waals surface area contributed by atoms with Gasteiger partial charge in [0.1, 0.15) is 0 Å². The summed E-state index contributed by atoms with van der Waals surface area (Å²) >= 11 is 5.78. The van der Waals surface area contributed by atoms with Crippen molar-refractivity contribution in [1.29, 1.82) is 0 Å². The first-order valence-corrected chi connectivity index (χ1v) is 6.24. The Kier molecular flexibility index (Phi) is 2.95. The number of rotatable bonds is 2. The summed E-state index contributed by atoms with van der Waals surface area (Å²) in [5.74, 6) is -2.29. The number of pyridine rings is 1. The number of carbonyl (C=O) groups is 3. The minimum atomic E-state index is -1.24. The molecule has 0 bridgehead atoms.